The number of primary sulfonamides is 1. The van der Waals surface area contributed by atoms with Gasteiger partial charge in [-0.05, 0) is 24.0 Å². The number of carboxylic acids is 1. The highest BCUT2D eigenvalue weighted by molar-refractivity contribution is 7.91. The minimum Gasteiger partial charge on any atom is -0.477 e. The van der Waals surface area contributed by atoms with Crippen molar-refractivity contribution >= 4 is 27.3 Å². The van der Waals surface area contributed by atoms with E-state index in [4.69, 9.17) is 10.2 Å². The van der Waals surface area contributed by atoms with Gasteiger partial charge in [-0.1, -0.05) is 20.3 Å². The highest BCUT2D eigenvalue weighted by atomic mass is 32.2. The lowest BCUT2D eigenvalue weighted by Crippen LogP contribution is -2.10. The van der Waals surface area contributed by atoms with Crippen LogP contribution < -0.4 is 5.14 Å². The van der Waals surface area contributed by atoms with Gasteiger partial charge in [-0.25, -0.2) is 18.4 Å². The quantitative estimate of drug-likeness (QED) is 0.855. The molecule has 17 heavy (non-hydrogen) atoms. The fraction of sp³-hybridized carbons (Fsp3) is 0.500. The van der Waals surface area contributed by atoms with E-state index in [1.165, 1.54) is 6.07 Å². The van der Waals surface area contributed by atoms with E-state index < -0.39 is 16.0 Å². The van der Waals surface area contributed by atoms with Crippen molar-refractivity contribution in [3.8, 4) is 0 Å². The molecule has 1 heterocycles. The molecule has 7 heteroatoms. The van der Waals surface area contributed by atoms with Gasteiger partial charge in [0.15, 0.2) is 0 Å². The van der Waals surface area contributed by atoms with Crippen LogP contribution in [0.15, 0.2) is 10.3 Å². The van der Waals surface area contributed by atoms with Crippen LogP contribution in [0, 0.1) is 5.92 Å². The lowest BCUT2D eigenvalue weighted by Gasteiger charge is -2.06. The van der Waals surface area contributed by atoms with Crippen molar-refractivity contribution in [1.82, 2.24) is 0 Å². The normalized spacial score (nSPS) is 13.6. The monoisotopic (exact) mass is 277 g/mol. The van der Waals surface area contributed by atoms with Crippen molar-refractivity contribution < 1.29 is 18.3 Å². The average molecular weight is 277 g/mol. The molecule has 0 bridgehead atoms. The highest BCUT2D eigenvalue weighted by Crippen LogP contribution is 2.28. The number of nitrogens with two attached hydrogens (primary N) is 1. The Kier molecular flexibility index (Phi) is 4.29. The minimum atomic E-state index is -3.83. The summed E-state index contributed by atoms with van der Waals surface area (Å²) in [5, 5.41) is 14.0. The van der Waals surface area contributed by atoms with E-state index in [1.54, 1.807) is 0 Å². The molecule has 1 atom stereocenters. The number of carboxylic acid groups (broad SMARTS) is 1. The Balaban J connectivity index is 3.19. The van der Waals surface area contributed by atoms with E-state index in [9.17, 15) is 13.2 Å². The van der Waals surface area contributed by atoms with E-state index in [-0.39, 0.29) is 9.09 Å². The molecule has 1 rings (SSSR count). The Morgan fingerprint density at radius 3 is 2.59 bits per heavy atom. The van der Waals surface area contributed by atoms with Gasteiger partial charge in [-0.3, -0.25) is 0 Å². The third-order valence-corrected chi connectivity index (χ3v) is 5.11. The standard InChI is InChI=1S/C10H15NO4S2/c1-3-6(2)4-7-5-8(17(11,14)15)16-9(7)10(12)13/h5-6H,3-4H2,1-2H3,(H,12,13)(H2,11,14,15). The zero-order valence-electron chi connectivity index (χ0n) is 9.63. The molecule has 1 aromatic rings. The van der Waals surface area contributed by atoms with Crippen LogP contribution >= 0.6 is 11.3 Å². The van der Waals surface area contributed by atoms with Crippen molar-refractivity contribution in [2.45, 2.75) is 30.9 Å². The van der Waals surface area contributed by atoms with E-state index in [0.717, 1.165) is 6.42 Å². The molecule has 0 spiro atoms. The molecule has 0 saturated heterocycles. The van der Waals surface area contributed by atoms with Gasteiger partial charge in [0.05, 0.1) is 0 Å². The van der Waals surface area contributed by atoms with Gasteiger partial charge in [-0.15, -0.1) is 11.3 Å². The van der Waals surface area contributed by atoms with Crippen LogP contribution in [0.25, 0.3) is 0 Å². The maximum Gasteiger partial charge on any atom is 0.346 e. The summed E-state index contributed by atoms with van der Waals surface area (Å²) in [4.78, 5) is 11.1. The van der Waals surface area contributed by atoms with Crippen molar-refractivity contribution in [1.29, 1.82) is 0 Å². The second-order valence-corrected chi connectivity index (χ2v) is 6.83. The van der Waals surface area contributed by atoms with E-state index >= 15 is 0 Å². The summed E-state index contributed by atoms with van der Waals surface area (Å²) >= 11 is 0.715. The van der Waals surface area contributed by atoms with E-state index in [0.29, 0.717) is 29.2 Å². The van der Waals surface area contributed by atoms with Gasteiger partial charge in [-0.2, -0.15) is 0 Å². The summed E-state index contributed by atoms with van der Waals surface area (Å²) in [6.45, 7) is 3.98. The molecule has 0 aromatic carbocycles. The number of hydrogen-bond acceptors (Lipinski definition) is 4. The Hall–Kier alpha value is -0.920. The number of thiophene rings is 1. The lowest BCUT2D eigenvalue weighted by molar-refractivity contribution is 0.0701. The largest absolute Gasteiger partial charge is 0.477 e. The molecule has 0 saturated carbocycles. The van der Waals surface area contributed by atoms with Crippen molar-refractivity contribution in [2.24, 2.45) is 11.1 Å². The smallest absolute Gasteiger partial charge is 0.346 e. The Morgan fingerprint density at radius 2 is 2.18 bits per heavy atom. The molecule has 96 valence electrons. The zero-order valence-corrected chi connectivity index (χ0v) is 11.3. The molecule has 0 aliphatic carbocycles. The zero-order chi connectivity index (χ0) is 13.2. The molecular formula is C10H15NO4S2. The number of sulfonamides is 1. The van der Waals surface area contributed by atoms with Crippen molar-refractivity contribution in [2.75, 3.05) is 0 Å². The van der Waals surface area contributed by atoms with Crippen LogP contribution in [0.3, 0.4) is 0 Å². The molecule has 0 aliphatic heterocycles. The third kappa shape index (κ3) is 3.52. The van der Waals surface area contributed by atoms with Crippen LogP contribution in [-0.4, -0.2) is 19.5 Å². The Morgan fingerprint density at radius 1 is 1.59 bits per heavy atom. The molecule has 3 N–H and O–H groups in total. The van der Waals surface area contributed by atoms with E-state index in [2.05, 4.69) is 0 Å². The topological polar surface area (TPSA) is 97.5 Å². The Bertz CT molecular complexity index is 518. The van der Waals surface area contributed by atoms with Crippen molar-refractivity contribution in [3.63, 3.8) is 0 Å². The van der Waals surface area contributed by atoms with Gasteiger partial charge in [0.1, 0.15) is 9.09 Å². The summed E-state index contributed by atoms with van der Waals surface area (Å²) in [5.74, 6) is -0.806. The van der Waals surface area contributed by atoms with Crippen molar-refractivity contribution in [3.05, 3.63) is 16.5 Å². The summed E-state index contributed by atoms with van der Waals surface area (Å²) < 4.78 is 22.3. The molecule has 0 amide bonds. The number of carbonyl (C=O) groups is 1. The summed E-state index contributed by atoms with van der Waals surface area (Å²) in [7, 11) is -3.83. The van der Waals surface area contributed by atoms with Crippen LogP contribution in [0.5, 0.6) is 0 Å². The maximum atomic E-state index is 11.2. The third-order valence-electron chi connectivity index (χ3n) is 2.53. The molecule has 0 radical (unpaired) electrons. The van der Waals surface area contributed by atoms with Gasteiger partial charge < -0.3 is 5.11 Å². The fourth-order valence-corrected chi connectivity index (χ4v) is 3.18. The van der Waals surface area contributed by atoms with Gasteiger partial charge in [0.2, 0.25) is 10.0 Å². The SMILES string of the molecule is CCC(C)Cc1cc(S(N)(=O)=O)sc1C(=O)O. The predicted molar refractivity (Wildman–Crippen MR) is 65.8 cm³/mol. The molecule has 0 fully saturated rings. The second-order valence-electron chi connectivity index (χ2n) is 3.99. The maximum absolute atomic E-state index is 11.2. The molecule has 1 aromatic heterocycles. The summed E-state index contributed by atoms with van der Waals surface area (Å²) in [6, 6.07) is 1.37. The molecular weight excluding hydrogens is 262 g/mol. The predicted octanol–water partition coefficient (Wildman–Crippen LogP) is 1.68. The van der Waals surface area contributed by atoms with E-state index in [1.807, 2.05) is 13.8 Å². The first-order valence-electron chi connectivity index (χ1n) is 5.14. The van der Waals surface area contributed by atoms with Crippen LogP contribution in [0.4, 0.5) is 0 Å². The van der Waals surface area contributed by atoms with Crippen LogP contribution in [0.1, 0.15) is 35.5 Å². The van der Waals surface area contributed by atoms with Gasteiger partial charge in [0.25, 0.3) is 0 Å². The highest BCUT2D eigenvalue weighted by Gasteiger charge is 2.21. The van der Waals surface area contributed by atoms with Crippen LogP contribution in [-0.2, 0) is 16.4 Å². The molecule has 5 nitrogen and oxygen atoms in total. The number of aromatic carboxylic acids is 1. The fourth-order valence-electron chi connectivity index (χ4n) is 1.40. The average Bonchev–Trinajstić information content (AvgIpc) is 2.61. The first-order valence-corrected chi connectivity index (χ1v) is 7.50. The minimum absolute atomic E-state index is 0.0642. The van der Waals surface area contributed by atoms with Gasteiger partial charge in [0, 0.05) is 0 Å². The summed E-state index contributed by atoms with van der Waals surface area (Å²) in [6.07, 6.45) is 1.45. The molecule has 1 unspecified atom stereocenters. The Labute approximate surface area is 104 Å². The first-order chi connectivity index (χ1) is 7.75. The first kappa shape index (κ1) is 14.1. The van der Waals surface area contributed by atoms with Crippen LogP contribution in [0.2, 0.25) is 0 Å². The lowest BCUT2D eigenvalue weighted by atomic mass is 9.99. The second kappa shape index (κ2) is 5.16. The molecule has 0 aliphatic rings. The summed E-state index contributed by atoms with van der Waals surface area (Å²) in [5.41, 5.74) is 0.542. The number of hydrogen-bond donors (Lipinski definition) is 2. The number of rotatable bonds is 5. The van der Waals surface area contributed by atoms with Gasteiger partial charge >= 0.3 is 5.97 Å².